The fraction of sp³-hybridized carbons (Fsp3) is 0. The molecule has 5 heteroatoms. The lowest BCUT2D eigenvalue weighted by atomic mass is 9.96. The van der Waals surface area contributed by atoms with Gasteiger partial charge in [-0.2, -0.15) is 0 Å². The van der Waals surface area contributed by atoms with Gasteiger partial charge in [-0.25, -0.2) is 15.0 Å². The molecule has 3 heterocycles. The van der Waals surface area contributed by atoms with Gasteiger partial charge in [0.15, 0.2) is 17.5 Å². The third kappa shape index (κ3) is 5.15. The van der Waals surface area contributed by atoms with E-state index in [0.29, 0.717) is 17.5 Å². The van der Waals surface area contributed by atoms with Crippen molar-refractivity contribution in [3.63, 3.8) is 0 Å². The van der Waals surface area contributed by atoms with Gasteiger partial charge in [0.25, 0.3) is 0 Å². The summed E-state index contributed by atoms with van der Waals surface area (Å²) < 4.78 is 9.25. The normalized spacial score (nSPS) is 12.1. The zero-order valence-electron chi connectivity index (χ0n) is 34.3. The molecule has 0 bridgehead atoms. The highest BCUT2D eigenvalue weighted by Crippen LogP contribution is 2.43. The molecule has 14 aromatic rings. The molecule has 0 saturated heterocycles. The van der Waals surface area contributed by atoms with Crippen LogP contribution in [0, 0.1) is 0 Å². The summed E-state index contributed by atoms with van der Waals surface area (Å²) in [4.78, 5) is 15.9. The van der Waals surface area contributed by atoms with Gasteiger partial charge in [-0.15, -0.1) is 0 Å². The van der Waals surface area contributed by atoms with Crippen LogP contribution >= 0.6 is 0 Å². The van der Waals surface area contributed by atoms with Crippen molar-refractivity contribution in [1.82, 2.24) is 19.5 Å². The maximum Gasteiger partial charge on any atom is 0.164 e. The molecule has 0 unspecified atom stereocenters. The van der Waals surface area contributed by atoms with Crippen molar-refractivity contribution in [2.45, 2.75) is 0 Å². The van der Waals surface area contributed by atoms with Crippen molar-refractivity contribution in [1.29, 1.82) is 0 Å². The molecule has 0 aliphatic heterocycles. The molecule has 3 aromatic heterocycles. The molecule has 0 atom stereocenters. The molecule has 0 radical (unpaired) electrons. The Kier molecular flexibility index (Phi) is 7.33. The smallest absolute Gasteiger partial charge is 0.164 e. The lowest BCUT2D eigenvalue weighted by Gasteiger charge is -2.13. The van der Waals surface area contributed by atoms with Crippen LogP contribution in [0.4, 0.5) is 0 Å². The Morgan fingerprint density at radius 2 is 0.922 bits per heavy atom. The topological polar surface area (TPSA) is 56.7 Å². The summed E-state index contributed by atoms with van der Waals surface area (Å²) in [7, 11) is 0. The van der Waals surface area contributed by atoms with Crippen molar-refractivity contribution in [3.05, 3.63) is 206 Å². The third-order valence-corrected chi connectivity index (χ3v) is 13.2. The van der Waals surface area contributed by atoms with Crippen molar-refractivity contribution in [2.24, 2.45) is 0 Å². The molecule has 0 amide bonds. The van der Waals surface area contributed by atoms with Crippen LogP contribution in [0.25, 0.3) is 137 Å². The Balaban J connectivity index is 1.04. The second-order valence-electron chi connectivity index (χ2n) is 16.7. The molecular formula is C59H34N4O. The fourth-order valence-corrected chi connectivity index (χ4v) is 10.2. The summed E-state index contributed by atoms with van der Waals surface area (Å²) >= 11 is 0. The lowest BCUT2D eigenvalue weighted by molar-refractivity contribution is 0.672. The van der Waals surface area contributed by atoms with Crippen LogP contribution < -0.4 is 0 Å². The molecule has 11 aromatic carbocycles. The summed E-state index contributed by atoms with van der Waals surface area (Å²) in [5.74, 6) is 1.85. The van der Waals surface area contributed by atoms with E-state index in [0.717, 1.165) is 82.3 Å². The van der Waals surface area contributed by atoms with Crippen molar-refractivity contribution in [2.75, 3.05) is 0 Å². The lowest BCUT2D eigenvalue weighted by Crippen LogP contribution is -2.01. The van der Waals surface area contributed by atoms with Gasteiger partial charge in [-0.3, -0.25) is 0 Å². The first-order valence-electron chi connectivity index (χ1n) is 21.7. The monoisotopic (exact) mass is 814 g/mol. The quantitative estimate of drug-likeness (QED) is 0.166. The van der Waals surface area contributed by atoms with Crippen LogP contribution in [0.3, 0.4) is 0 Å². The highest BCUT2D eigenvalue weighted by molar-refractivity contribution is 6.24. The van der Waals surface area contributed by atoms with E-state index in [1.165, 1.54) is 37.7 Å². The van der Waals surface area contributed by atoms with E-state index in [-0.39, 0.29) is 0 Å². The molecule has 0 N–H and O–H groups in total. The first-order chi connectivity index (χ1) is 31.7. The molecule has 0 aliphatic rings. The van der Waals surface area contributed by atoms with E-state index < -0.39 is 0 Å². The van der Waals surface area contributed by atoms with Gasteiger partial charge in [0.1, 0.15) is 11.2 Å². The van der Waals surface area contributed by atoms with Crippen molar-refractivity contribution in [3.8, 4) is 39.9 Å². The van der Waals surface area contributed by atoms with Gasteiger partial charge < -0.3 is 8.98 Å². The number of hydrogen-bond donors (Lipinski definition) is 0. The molecular weight excluding hydrogens is 781 g/mol. The number of aromatic nitrogens is 4. The first-order valence-corrected chi connectivity index (χ1v) is 21.7. The van der Waals surface area contributed by atoms with Crippen LogP contribution in [-0.2, 0) is 0 Å². The van der Waals surface area contributed by atoms with Crippen LogP contribution in [-0.4, -0.2) is 19.5 Å². The van der Waals surface area contributed by atoms with E-state index >= 15 is 0 Å². The summed E-state index contributed by atoms with van der Waals surface area (Å²) in [5.41, 5.74) is 7.85. The van der Waals surface area contributed by atoms with E-state index in [1.807, 2.05) is 18.2 Å². The van der Waals surface area contributed by atoms with E-state index in [9.17, 15) is 0 Å². The zero-order valence-corrected chi connectivity index (χ0v) is 34.3. The summed E-state index contributed by atoms with van der Waals surface area (Å²) in [6.45, 7) is 0. The van der Waals surface area contributed by atoms with Crippen LogP contribution in [0.15, 0.2) is 211 Å². The van der Waals surface area contributed by atoms with Gasteiger partial charge in [-0.1, -0.05) is 158 Å². The molecule has 64 heavy (non-hydrogen) atoms. The Hall–Kier alpha value is -8.67. The molecule has 296 valence electrons. The van der Waals surface area contributed by atoms with Gasteiger partial charge in [0.05, 0.1) is 11.0 Å². The highest BCUT2D eigenvalue weighted by atomic mass is 16.3. The minimum absolute atomic E-state index is 0.603. The van der Waals surface area contributed by atoms with E-state index in [4.69, 9.17) is 19.4 Å². The molecule has 0 fully saturated rings. The molecule has 0 saturated carbocycles. The average Bonchev–Trinajstić information content (AvgIpc) is 3.90. The minimum Gasteiger partial charge on any atom is -0.455 e. The number of nitrogens with zero attached hydrogens (tertiary/aromatic N) is 4. The highest BCUT2D eigenvalue weighted by Gasteiger charge is 2.22. The molecule has 0 aliphatic carbocycles. The second kappa shape index (κ2) is 13.4. The summed E-state index contributed by atoms with van der Waals surface area (Å²) in [6.07, 6.45) is 0. The second-order valence-corrected chi connectivity index (χ2v) is 16.7. The largest absolute Gasteiger partial charge is 0.455 e. The maximum atomic E-state index is 6.83. The predicted octanol–water partition coefficient (Wildman–Crippen LogP) is 15.6. The van der Waals surface area contributed by atoms with Crippen LogP contribution in [0.5, 0.6) is 0 Å². The average molecular weight is 815 g/mol. The minimum atomic E-state index is 0.603. The van der Waals surface area contributed by atoms with Gasteiger partial charge in [-0.05, 0) is 97.0 Å². The van der Waals surface area contributed by atoms with Crippen LogP contribution in [0.1, 0.15) is 0 Å². The molecule has 14 rings (SSSR count). The predicted molar refractivity (Wildman–Crippen MR) is 265 cm³/mol. The van der Waals surface area contributed by atoms with Crippen molar-refractivity contribution < 1.29 is 4.42 Å². The van der Waals surface area contributed by atoms with Gasteiger partial charge in [0.2, 0.25) is 0 Å². The number of rotatable bonds is 4. The van der Waals surface area contributed by atoms with Gasteiger partial charge in [0, 0.05) is 49.3 Å². The Morgan fingerprint density at radius 3 is 1.70 bits per heavy atom. The SMILES string of the molecule is c1ccc(-c2nc(-c3cc4ccccc4c4ccccc34)nc(-c3cc4c5cc(-n6c7cc8ccccc8cc7c7c8ccccc8ccc76)ccc5oc4c4ccccc34)n2)cc1. The summed E-state index contributed by atoms with van der Waals surface area (Å²) in [5, 5.41) is 16.0. The standard InChI is InChI=1S/C59H34N4O/c1-2-15-36(16-3-1)57-60-58(49-31-39-19-7-8-20-41(39)43-22-10-11-23-44(43)49)62-59(61-57)50-34-48-47-33-40(27-29-54(47)64-56(48)46-25-13-12-24-45(46)50)63-52-28-26-35-14-6-9-21-42(35)55(52)51-30-37-17-4-5-18-38(37)32-53(51)63/h1-34H. The fourth-order valence-electron chi connectivity index (χ4n) is 10.2. The number of hydrogen-bond acceptors (Lipinski definition) is 4. The maximum absolute atomic E-state index is 6.83. The van der Waals surface area contributed by atoms with E-state index in [1.54, 1.807) is 0 Å². The molecule has 0 spiro atoms. The Labute approximate surface area is 366 Å². The molecule has 5 nitrogen and oxygen atoms in total. The number of fused-ring (bicyclic) bond motifs is 14. The number of furan rings is 1. The van der Waals surface area contributed by atoms with Crippen LogP contribution in [0.2, 0.25) is 0 Å². The Morgan fingerprint density at radius 1 is 0.328 bits per heavy atom. The Bertz CT molecular complexity index is 4260. The van der Waals surface area contributed by atoms with E-state index in [2.05, 4.69) is 193 Å². The summed E-state index contributed by atoms with van der Waals surface area (Å²) in [6, 6.07) is 73.3. The first kappa shape index (κ1) is 35.0. The zero-order chi connectivity index (χ0) is 41.9. The van der Waals surface area contributed by atoms with Gasteiger partial charge >= 0.3 is 0 Å². The van der Waals surface area contributed by atoms with Crippen molar-refractivity contribution >= 4 is 97.6 Å². The number of benzene rings is 11. The third-order valence-electron chi connectivity index (χ3n) is 13.2.